The Hall–Kier alpha value is -1.46. The van der Waals surface area contributed by atoms with Crippen LogP contribution in [0.5, 0.6) is 0 Å². The highest BCUT2D eigenvalue weighted by atomic mass is 19.3. The monoisotopic (exact) mass is 232 g/mol. The molecule has 0 aliphatic rings. The minimum absolute atomic E-state index is 0.126. The van der Waals surface area contributed by atoms with Crippen molar-refractivity contribution in [2.45, 2.75) is 32.6 Å². The van der Waals surface area contributed by atoms with Crippen LogP contribution in [0.25, 0.3) is 0 Å². The standard InChI is InChI=1S/C10H14F2N2O2/c1-10(2,3)9-14-5(7(11)12)6(16-9)8(15)13-4/h7H,1-4H3,(H,13,15). The van der Waals surface area contributed by atoms with Gasteiger partial charge >= 0.3 is 0 Å². The molecule has 0 aromatic carbocycles. The van der Waals surface area contributed by atoms with Crippen LogP contribution in [0.1, 0.15) is 49.3 Å². The number of aromatic nitrogens is 1. The van der Waals surface area contributed by atoms with Gasteiger partial charge in [-0.3, -0.25) is 4.79 Å². The summed E-state index contributed by atoms with van der Waals surface area (Å²) in [6, 6.07) is 0. The maximum absolute atomic E-state index is 12.6. The molecule has 1 aromatic rings. The molecule has 1 amide bonds. The van der Waals surface area contributed by atoms with Crippen LogP contribution in [0.15, 0.2) is 4.42 Å². The van der Waals surface area contributed by atoms with E-state index in [0.29, 0.717) is 0 Å². The Morgan fingerprint density at radius 1 is 1.44 bits per heavy atom. The number of rotatable bonds is 2. The van der Waals surface area contributed by atoms with Gasteiger partial charge in [-0.05, 0) is 0 Å². The quantitative estimate of drug-likeness (QED) is 0.850. The molecular formula is C10H14F2N2O2. The number of oxazole rings is 1. The lowest BCUT2D eigenvalue weighted by molar-refractivity contribution is 0.0913. The fraction of sp³-hybridized carbons (Fsp3) is 0.600. The van der Waals surface area contributed by atoms with Crippen LogP contribution in [0.2, 0.25) is 0 Å². The molecule has 6 heteroatoms. The summed E-state index contributed by atoms with van der Waals surface area (Å²) in [6.07, 6.45) is -2.83. The van der Waals surface area contributed by atoms with Crippen molar-refractivity contribution in [1.29, 1.82) is 0 Å². The molecule has 0 atom stereocenters. The largest absolute Gasteiger partial charge is 0.434 e. The summed E-state index contributed by atoms with van der Waals surface area (Å²) in [7, 11) is 1.34. The maximum Gasteiger partial charge on any atom is 0.288 e. The molecule has 1 N–H and O–H groups in total. The number of carbonyl (C=O) groups excluding carboxylic acids is 1. The van der Waals surface area contributed by atoms with Crippen LogP contribution < -0.4 is 5.32 Å². The number of hydrogen-bond acceptors (Lipinski definition) is 3. The van der Waals surface area contributed by atoms with Crippen molar-refractivity contribution >= 4 is 5.91 Å². The van der Waals surface area contributed by atoms with E-state index in [-0.39, 0.29) is 5.89 Å². The SMILES string of the molecule is CNC(=O)c1oc(C(C)(C)C)nc1C(F)F. The predicted octanol–water partition coefficient (Wildman–Crippen LogP) is 2.27. The normalized spacial score (nSPS) is 11.9. The van der Waals surface area contributed by atoms with E-state index in [9.17, 15) is 13.6 Å². The molecule has 1 aromatic heterocycles. The first-order valence-corrected chi connectivity index (χ1v) is 4.78. The zero-order chi connectivity index (χ0) is 12.5. The van der Waals surface area contributed by atoms with Gasteiger partial charge in [-0.25, -0.2) is 13.8 Å². The van der Waals surface area contributed by atoms with E-state index in [1.807, 2.05) is 0 Å². The van der Waals surface area contributed by atoms with Gasteiger partial charge in [0, 0.05) is 12.5 Å². The molecule has 90 valence electrons. The summed E-state index contributed by atoms with van der Waals surface area (Å²) in [4.78, 5) is 15.0. The van der Waals surface area contributed by atoms with E-state index in [0.717, 1.165) is 0 Å². The van der Waals surface area contributed by atoms with E-state index in [1.54, 1.807) is 20.8 Å². The van der Waals surface area contributed by atoms with Gasteiger partial charge in [0.05, 0.1) is 0 Å². The van der Waals surface area contributed by atoms with Gasteiger partial charge in [-0.1, -0.05) is 20.8 Å². The highest BCUT2D eigenvalue weighted by Gasteiger charge is 2.30. The lowest BCUT2D eigenvalue weighted by Crippen LogP contribution is -2.18. The van der Waals surface area contributed by atoms with E-state index >= 15 is 0 Å². The summed E-state index contributed by atoms with van der Waals surface area (Å²) in [5, 5.41) is 2.24. The third kappa shape index (κ3) is 2.37. The Kier molecular flexibility index (Phi) is 3.30. The van der Waals surface area contributed by atoms with Crippen LogP contribution in [-0.4, -0.2) is 17.9 Å². The Morgan fingerprint density at radius 3 is 2.38 bits per heavy atom. The fourth-order valence-corrected chi connectivity index (χ4v) is 1.08. The van der Waals surface area contributed by atoms with E-state index in [2.05, 4.69) is 10.3 Å². The lowest BCUT2D eigenvalue weighted by Gasteiger charge is -2.11. The number of amides is 1. The molecule has 1 heterocycles. The Labute approximate surface area is 92.0 Å². The molecule has 0 aliphatic carbocycles. The second-order valence-corrected chi connectivity index (χ2v) is 4.36. The zero-order valence-corrected chi connectivity index (χ0v) is 9.60. The molecule has 0 unspecified atom stereocenters. The molecule has 0 radical (unpaired) electrons. The summed E-state index contributed by atoms with van der Waals surface area (Å²) in [6.45, 7) is 5.30. The molecule has 16 heavy (non-hydrogen) atoms. The predicted molar refractivity (Wildman–Crippen MR) is 53.6 cm³/mol. The summed E-state index contributed by atoms with van der Waals surface area (Å²) < 4.78 is 30.3. The fourth-order valence-electron chi connectivity index (χ4n) is 1.08. The van der Waals surface area contributed by atoms with Crippen molar-refractivity contribution in [1.82, 2.24) is 10.3 Å². The second-order valence-electron chi connectivity index (χ2n) is 4.36. The molecule has 0 aliphatic heterocycles. The Morgan fingerprint density at radius 2 is 2.00 bits per heavy atom. The molecule has 0 bridgehead atoms. The van der Waals surface area contributed by atoms with Gasteiger partial charge in [0.2, 0.25) is 11.7 Å². The van der Waals surface area contributed by atoms with Crippen molar-refractivity contribution in [3.8, 4) is 0 Å². The van der Waals surface area contributed by atoms with E-state index in [4.69, 9.17) is 4.42 Å². The van der Waals surface area contributed by atoms with Crippen LogP contribution in [0.4, 0.5) is 8.78 Å². The van der Waals surface area contributed by atoms with Gasteiger partial charge in [0.25, 0.3) is 12.3 Å². The van der Waals surface area contributed by atoms with Crippen molar-refractivity contribution in [2.75, 3.05) is 7.05 Å². The first-order chi connectivity index (χ1) is 7.27. The number of nitrogens with zero attached hydrogens (tertiary/aromatic N) is 1. The van der Waals surface area contributed by atoms with Crippen molar-refractivity contribution in [3.63, 3.8) is 0 Å². The third-order valence-corrected chi connectivity index (χ3v) is 1.93. The number of halogens is 2. The molecule has 0 saturated heterocycles. The van der Waals surface area contributed by atoms with Gasteiger partial charge < -0.3 is 9.73 Å². The lowest BCUT2D eigenvalue weighted by atomic mass is 9.97. The minimum Gasteiger partial charge on any atom is -0.434 e. The van der Waals surface area contributed by atoms with Gasteiger partial charge in [-0.15, -0.1) is 0 Å². The first-order valence-electron chi connectivity index (χ1n) is 4.78. The van der Waals surface area contributed by atoms with Crippen LogP contribution in [-0.2, 0) is 5.41 Å². The molecule has 0 spiro atoms. The highest BCUT2D eigenvalue weighted by molar-refractivity contribution is 5.92. The average Bonchev–Trinajstić information content (AvgIpc) is 2.60. The summed E-state index contributed by atoms with van der Waals surface area (Å²) >= 11 is 0. The van der Waals surface area contributed by atoms with Gasteiger partial charge in [-0.2, -0.15) is 0 Å². The third-order valence-electron chi connectivity index (χ3n) is 1.93. The molecule has 0 fully saturated rings. The molecule has 4 nitrogen and oxygen atoms in total. The Bertz CT molecular complexity index is 394. The zero-order valence-electron chi connectivity index (χ0n) is 9.60. The first kappa shape index (κ1) is 12.6. The smallest absolute Gasteiger partial charge is 0.288 e. The molecular weight excluding hydrogens is 218 g/mol. The number of alkyl halides is 2. The van der Waals surface area contributed by atoms with Crippen molar-refractivity contribution in [2.24, 2.45) is 0 Å². The topological polar surface area (TPSA) is 55.1 Å². The van der Waals surface area contributed by atoms with Crippen LogP contribution in [0, 0.1) is 0 Å². The average molecular weight is 232 g/mol. The minimum atomic E-state index is -2.83. The maximum atomic E-state index is 12.6. The summed E-state index contributed by atoms with van der Waals surface area (Å²) in [5.74, 6) is -0.984. The highest BCUT2D eigenvalue weighted by Crippen LogP contribution is 2.29. The van der Waals surface area contributed by atoms with Crippen molar-refractivity contribution in [3.05, 3.63) is 17.3 Å². The van der Waals surface area contributed by atoms with Gasteiger partial charge in [0.15, 0.2) is 5.69 Å². The van der Waals surface area contributed by atoms with Crippen LogP contribution >= 0.6 is 0 Å². The number of carbonyl (C=O) groups is 1. The number of nitrogens with one attached hydrogen (secondary N) is 1. The Balaban J connectivity index is 3.26. The molecule has 1 rings (SSSR count). The second kappa shape index (κ2) is 4.19. The van der Waals surface area contributed by atoms with E-state index < -0.39 is 29.2 Å². The van der Waals surface area contributed by atoms with Gasteiger partial charge in [0.1, 0.15) is 0 Å². The number of hydrogen-bond donors (Lipinski definition) is 1. The summed E-state index contributed by atoms with van der Waals surface area (Å²) in [5.41, 5.74) is -1.13. The van der Waals surface area contributed by atoms with Crippen molar-refractivity contribution < 1.29 is 18.0 Å². The van der Waals surface area contributed by atoms with E-state index in [1.165, 1.54) is 7.05 Å². The molecule has 0 saturated carbocycles. The van der Waals surface area contributed by atoms with Crippen LogP contribution in [0.3, 0.4) is 0 Å².